The molecule has 1 unspecified atom stereocenters. The summed E-state index contributed by atoms with van der Waals surface area (Å²) in [6.45, 7) is 1.47. The fourth-order valence-corrected chi connectivity index (χ4v) is 3.09. The Hall–Kier alpha value is -3.88. The zero-order valence-corrected chi connectivity index (χ0v) is 15.2. The molecule has 0 aliphatic carbocycles. The van der Waals surface area contributed by atoms with E-state index in [4.69, 9.17) is 4.74 Å². The van der Waals surface area contributed by atoms with Crippen molar-refractivity contribution in [1.29, 1.82) is 0 Å². The van der Waals surface area contributed by atoms with Crippen molar-refractivity contribution >= 4 is 17.2 Å². The number of ether oxygens (including phenoxy) is 1. The Morgan fingerprint density at radius 1 is 1.29 bits per heavy atom. The monoisotopic (exact) mass is 382 g/mol. The van der Waals surface area contributed by atoms with Gasteiger partial charge in [-0.15, -0.1) is 0 Å². The minimum Gasteiger partial charge on any atom is -0.482 e. The van der Waals surface area contributed by atoms with Gasteiger partial charge in [-0.2, -0.15) is 0 Å². The zero-order valence-electron chi connectivity index (χ0n) is 15.2. The summed E-state index contributed by atoms with van der Waals surface area (Å²) in [6.07, 6.45) is 3.14. The number of rotatable bonds is 5. The number of aliphatic carboxylic acids is 1. The maximum absolute atomic E-state index is 11.9. The Bertz CT molecular complexity index is 985. The number of benzene rings is 1. The van der Waals surface area contributed by atoms with Crippen LogP contribution in [0.3, 0.4) is 0 Å². The van der Waals surface area contributed by atoms with Crippen LogP contribution in [0.5, 0.6) is 0 Å². The minimum absolute atomic E-state index is 0.120. The van der Waals surface area contributed by atoms with Crippen molar-refractivity contribution in [3.05, 3.63) is 87.3 Å². The van der Waals surface area contributed by atoms with Gasteiger partial charge >= 0.3 is 11.7 Å². The van der Waals surface area contributed by atoms with Crippen molar-refractivity contribution in [1.82, 2.24) is 10.3 Å². The average Bonchev–Trinajstić information content (AvgIpc) is 2.81. The van der Waals surface area contributed by atoms with E-state index in [0.717, 1.165) is 0 Å². The highest BCUT2D eigenvalue weighted by molar-refractivity contribution is 5.87. The lowest BCUT2D eigenvalue weighted by Crippen LogP contribution is -2.27. The van der Waals surface area contributed by atoms with E-state index < -0.39 is 16.9 Å². The van der Waals surface area contributed by atoms with Gasteiger partial charge in [0.25, 0.3) is 0 Å². The molecule has 2 heterocycles. The van der Waals surface area contributed by atoms with Crippen molar-refractivity contribution in [3.8, 4) is 0 Å². The molecule has 144 valence electrons. The number of hydrogen-bond donors (Lipinski definition) is 3. The van der Waals surface area contributed by atoms with Crippen molar-refractivity contribution in [2.24, 2.45) is 0 Å². The van der Waals surface area contributed by atoms with E-state index in [2.05, 4.69) is 15.6 Å². The number of carboxylic acid groups (broad SMARTS) is 1. The summed E-state index contributed by atoms with van der Waals surface area (Å²) in [5.74, 6) is -1.02. The van der Waals surface area contributed by atoms with Crippen LogP contribution in [-0.4, -0.2) is 28.1 Å². The number of aromatic nitrogens is 1. The standard InChI is InChI=1S/C19H18N4O5/c1-11-17(23(26)27)15(18(28-2)22-12-7-9-20-10-8-12)13-5-3-4-6-14(13)16(21-11)19(24)25/h3-10,16,21H,1-2H3,(H,20,22)(H,24,25)/b18-15-. The normalized spacial score (nSPS) is 17.7. The third-order valence-electron chi connectivity index (χ3n) is 4.29. The number of anilines is 1. The van der Waals surface area contributed by atoms with Crippen molar-refractivity contribution in [2.75, 3.05) is 12.4 Å². The first-order valence-corrected chi connectivity index (χ1v) is 8.33. The molecule has 1 aliphatic heterocycles. The van der Waals surface area contributed by atoms with Gasteiger partial charge in [0, 0.05) is 18.1 Å². The van der Waals surface area contributed by atoms with E-state index in [0.29, 0.717) is 16.8 Å². The van der Waals surface area contributed by atoms with Gasteiger partial charge in [-0.1, -0.05) is 24.3 Å². The molecule has 0 saturated carbocycles. The Balaban J connectivity index is 2.32. The molecule has 1 atom stereocenters. The second-order valence-electron chi connectivity index (χ2n) is 6.00. The van der Waals surface area contributed by atoms with Crippen LogP contribution in [0.2, 0.25) is 0 Å². The van der Waals surface area contributed by atoms with Crippen LogP contribution in [0, 0.1) is 10.1 Å². The molecule has 0 fully saturated rings. The predicted molar refractivity (Wildman–Crippen MR) is 101 cm³/mol. The molecule has 1 aromatic carbocycles. The summed E-state index contributed by atoms with van der Waals surface area (Å²) in [7, 11) is 1.39. The van der Waals surface area contributed by atoms with E-state index in [1.807, 2.05) is 0 Å². The SMILES string of the molecule is CO/C(Nc1ccncc1)=C1\C([N+](=O)[O-])=C(C)NC(C(=O)O)c2ccccc21. The molecule has 0 bridgehead atoms. The number of nitro groups is 1. The highest BCUT2D eigenvalue weighted by Crippen LogP contribution is 2.37. The second-order valence-corrected chi connectivity index (χ2v) is 6.00. The number of carbonyl (C=O) groups is 1. The molecule has 2 aromatic rings. The number of nitrogens with one attached hydrogen (secondary N) is 2. The molecule has 0 spiro atoms. The number of pyridine rings is 1. The average molecular weight is 382 g/mol. The first kappa shape index (κ1) is 18.9. The van der Waals surface area contributed by atoms with Crippen LogP contribution in [-0.2, 0) is 9.53 Å². The third kappa shape index (κ3) is 3.50. The van der Waals surface area contributed by atoms with Gasteiger partial charge < -0.3 is 20.5 Å². The van der Waals surface area contributed by atoms with Crippen molar-refractivity contribution < 1.29 is 19.6 Å². The Morgan fingerprint density at radius 2 is 1.96 bits per heavy atom. The number of methoxy groups -OCH3 is 1. The van der Waals surface area contributed by atoms with Gasteiger partial charge in [-0.3, -0.25) is 15.1 Å². The summed E-state index contributed by atoms with van der Waals surface area (Å²) in [5, 5.41) is 27.3. The van der Waals surface area contributed by atoms with Gasteiger partial charge in [0.15, 0.2) is 6.04 Å². The van der Waals surface area contributed by atoms with E-state index in [-0.39, 0.29) is 22.9 Å². The molecular weight excluding hydrogens is 364 g/mol. The Morgan fingerprint density at radius 3 is 2.57 bits per heavy atom. The molecule has 0 amide bonds. The molecule has 0 saturated heterocycles. The van der Waals surface area contributed by atoms with Gasteiger partial charge in [0.1, 0.15) is 5.57 Å². The van der Waals surface area contributed by atoms with Gasteiger partial charge in [0.05, 0.1) is 17.7 Å². The summed E-state index contributed by atoms with van der Waals surface area (Å²) in [5.41, 5.74) is 1.42. The first-order chi connectivity index (χ1) is 13.4. The third-order valence-corrected chi connectivity index (χ3v) is 4.29. The maximum atomic E-state index is 11.9. The van der Waals surface area contributed by atoms with Crippen molar-refractivity contribution in [2.45, 2.75) is 13.0 Å². The lowest BCUT2D eigenvalue weighted by atomic mass is 9.94. The number of carboxylic acids is 1. The lowest BCUT2D eigenvalue weighted by molar-refractivity contribution is -0.418. The number of fused-ring (bicyclic) bond motifs is 1. The number of hydrogen-bond acceptors (Lipinski definition) is 7. The van der Waals surface area contributed by atoms with Crippen LogP contribution in [0.15, 0.2) is 66.1 Å². The summed E-state index contributed by atoms with van der Waals surface area (Å²) in [6, 6.07) is 8.86. The molecule has 1 aliphatic rings. The topological polar surface area (TPSA) is 127 Å². The van der Waals surface area contributed by atoms with Crippen LogP contribution in [0.4, 0.5) is 5.69 Å². The molecular formula is C19H18N4O5. The summed E-state index contributed by atoms with van der Waals surface area (Å²) < 4.78 is 5.46. The van der Waals surface area contributed by atoms with Gasteiger partial charge in [-0.05, 0) is 30.2 Å². The second kappa shape index (κ2) is 7.78. The fourth-order valence-electron chi connectivity index (χ4n) is 3.09. The van der Waals surface area contributed by atoms with E-state index in [9.17, 15) is 20.0 Å². The van der Waals surface area contributed by atoms with Crippen LogP contribution in [0.1, 0.15) is 24.1 Å². The fraction of sp³-hybridized carbons (Fsp3) is 0.158. The van der Waals surface area contributed by atoms with E-state index in [1.165, 1.54) is 14.0 Å². The smallest absolute Gasteiger partial charge is 0.330 e. The van der Waals surface area contributed by atoms with Crippen LogP contribution < -0.4 is 10.6 Å². The maximum Gasteiger partial charge on any atom is 0.330 e. The molecule has 3 rings (SSSR count). The molecule has 28 heavy (non-hydrogen) atoms. The van der Waals surface area contributed by atoms with Crippen LogP contribution in [0.25, 0.3) is 5.57 Å². The summed E-state index contributed by atoms with van der Waals surface area (Å²) >= 11 is 0. The zero-order chi connectivity index (χ0) is 20.3. The van der Waals surface area contributed by atoms with Gasteiger partial charge in [-0.25, -0.2) is 4.79 Å². The highest BCUT2D eigenvalue weighted by atomic mass is 16.6. The first-order valence-electron chi connectivity index (χ1n) is 8.33. The molecule has 9 heteroatoms. The number of allylic oxidation sites excluding steroid dienone is 2. The minimum atomic E-state index is -1.14. The van der Waals surface area contributed by atoms with Crippen LogP contribution >= 0.6 is 0 Å². The Labute approximate surface area is 160 Å². The van der Waals surface area contributed by atoms with Crippen molar-refractivity contribution in [3.63, 3.8) is 0 Å². The predicted octanol–water partition coefficient (Wildman–Crippen LogP) is 2.75. The van der Waals surface area contributed by atoms with E-state index in [1.54, 1.807) is 48.8 Å². The quantitative estimate of drug-likeness (QED) is 0.409. The molecule has 1 aromatic heterocycles. The molecule has 9 nitrogen and oxygen atoms in total. The largest absolute Gasteiger partial charge is 0.482 e. The lowest BCUT2D eigenvalue weighted by Gasteiger charge is -2.17. The van der Waals surface area contributed by atoms with E-state index >= 15 is 0 Å². The number of nitrogens with zero attached hydrogens (tertiary/aromatic N) is 2. The molecule has 0 radical (unpaired) electrons. The molecule has 3 N–H and O–H groups in total. The van der Waals surface area contributed by atoms with Gasteiger partial charge in [0.2, 0.25) is 5.88 Å². The summed E-state index contributed by atoms with van der Waals surface area (Å²) in [4.78, 5) is 27.1. The highest BCUT2D eigenvalue weighted by Gasteiger charge is 2.37. The Kier molecular flexibility index (Phi) is 5.25.